The van der Waals surface area contributed by atoms with Crippen LogP contribution >= 0.6 is 12.2 Å². The Labute approximate surface area is 154 Å². The maximum atomic E-state index is 12.1. The van der Waals surface area contributed by atoms with Gasteiger partial charge in [-0.3, -0.25) is 15.6 Å². The molecular formula is C18H27N5OS. The Morgan fingerprint density at radius 1 is 1.08 bits per heavy atom. The Hall–Kier alpha value is -2.02. The maximum absolute atomic E-state index is 12.1. The number of hydrogen-bond donors (Lipinski definition) is 3. The van der Waals surface area contributed by atoms with E-state index in [1.165, 1.54) is 6.42 Å². The molecular weight excluding hydrogens is 334 g/mol. The number of hydrazine groups is 1. The lowest BCUT2D eigenvalue weighted by Crippen LogP contribution is -2.55. The monoisotopic (exact) mass is 361 g/mol. The molecule has 0 atom stereocenters. The van der Waals surface area contributed by atoms with Crippen molar-refractivity contribution >= 4 is 23.2 Å². The van der Waals surface area contributed by atoms with Gasteiger partial charge < -0.3 is 5.32 Å². The molecule has 6 nitrogen and oxygen atoms in total. The van der Waals surface area contributed by atoms with Gasteiger partial charge in [-0.1, -0.05) is 24.6 Å². The zero-order valence-electron chi connectivity index (χ0n) is 15.1. The molecule has 0 radical (unpaired) electrons. The van der Waals surface area contributed by atoms with Gasteiger partial charge in [0.15, 0.2) is 10.8 Å². The van der Waals surface area contributed by atoms with E-state index in [2.05, 4.69) is 26.4 Å². The molecule has 136 valence electrons. The third-order valence-electron chi connectivity index (χ3n) is 3.89. The molecule has 0 aromatic heterocycles. The third kappa shape index (κ3) is 6.42. The van der Waals surface area contributed by atoms with E-state index >= 15 is 0 Å². The van der Waals surface area contributed by atoms with E-state index in [0.717, 1.165) is 25.7 Å². The van der Waals surface area contributed by atoms with Crippen molar-refractivity contribution in [2.75, 3.05) is 0 Å². The summed E-state index contributed by atoms with van der Waals surface area (Å²) >= 11 is 5.34. The Kier molecular flexibility index (Phi) is 6.47. The second-order valence-electron chi connectivity index (χ2n) is 7.36. The third-order valence-corrected chi connectivity index (χ3v) is 4.10. The molecule has 3 N–H and O–H groups in total. The second kappa shape index (κ2) is 8.38. The van der Waals surface area contributed by atoms with Gasteiger partial charge in [-0.05, 0) is 70.8 Å². The number of carbonyl (C=O) groups excluding carboxylic acids is 1. The van der Waals surface area contributed by atoms with Crippen LogP contribution in [0.5, 0.6) is 0 Å². The largest absolute Gasteiger partial charge is 0.336 e. The van der Waals surface area contributed by atoms with Crippen LogP contribution in [0.4, 0.5) is 0 Å². The Balaban J connectivity index is 1.95. The fourth-order valence-electron chi connectivity index (χ4n) is 2.65. The van der Waals surface area contributed by atoms with Crippen LogP contribution in [0.1, 0.15) is 63.2 Å². The molecule has 1 saturated carbocycles. The van der Waals surface area contributed by atoms with E-state index in [-0.39, 0.29) is 11.4 Å². The summed E-state index contributed by atoms with van der Waals surface area (Å²) < 4.78 is 0. The lowest BCUT2D eigenvalue weighted by Gasteiger charge is -2.35. The van der Waals surface area contributed by atoms with E-state index in [1.54, 1.807) is 12.1 Å². The number of benzene rings is 1. The minimum Gasteiger partial charge on any atom is -0.336 e. The van der Waals surface area contributed by atoms with Crippen LogP contribution in [0.25, 0.3) is 0 Å². The summed E-state index contributed by atoms with van der Waals surface area (Å²) in [6, 6.07) is 8.98. The molecule has 0 spiro atoms. The molecule has 1 aliphatic carbocycles. The minimum atomic E-state index is -0.493. The van der Waals surface area contributed by atoms with E-state index in [4.69, 9.17) is 12.2 Å². The number of hydrogen-bond acceptors (Lipinski definition) is 4. The zero-order valence-corrected chi connectivity index (χ0v) is 15.9. The first kappa shape index (κ1) is 19.3. The standard InChI is InChI=1S/C18H27N5OS/c1-17(2,3)22-23-18(12-8-5-9-13-18)19-16(25)21-20-15(24)14-10-6-4-7-11-14/h4,6-7,10-11H,5,8-9,12-13H2,1-3H3,(H,20,24)(H2,19,21,25)/b23-22+. The molecule has 0 bridgehead atoms. The highest BCUT2D eigenvalue weighted by atomic mass is 32.1. The highest BCUT2D eigenvalue weighted by molar-refractivity contribution is 7.80. The maximum Gasteiger partial charge on any atom is 0.269 e. The summed E-state index contributed by atoms with van der Waals surface area (Å²) in [7, 11) is 0. The van der Waals surface area contributed by atoms with Crippen molar-refractivity contribution in [2.24, 2.45) is 10.2 Å². The van der Waals surface area contributed by atoms with Gasteiger partial charge >= 0.3 is 0 Å². The van der Waals surface area contributed by atoms with Crippen LogP contribution in [0.3, 0.4) is 0 Å². The highest BCUT2D eigenvalue weighted by Crippen LogP contribution is 2.30. The molecule has 0 aliphatic heterocycles. The van der Waals surface area contributed by atoms with Crippen molar-refractivity contribution in [1.29, 1.82) is 0 Å². The fourth-order valence-corrected chi connectivity index (χ4v) is 2.89. The zero-order chi connectivity index (χ0) is 18.3. The van der Waals surface area contributed by atoms with E-state index < -0.39 is 5.66 Å². The molecule has 1 aliphatic rings. The molecule has 0 unspecified atom stereocenters. The SMILES string of the molecule is CC(C)(C)/N=N/C1(NC(=S)NNC(=O)c2ccccc2)CCCCC1. The van der Waals surface area contributed by atoms with Crippen LogP contribution in [0.15, 0.2) is 40.6 Å². The minimum absolute atomic E-state index is 0.233. The van der Waals surface area contributed by atoms with E-state index in [9.17, 15) is 4.79 Å². The first-order valence-corrected chi connectivity index (χ1v) is 9.08. The molecule has 7 heteroatoms. The summed E-state index contributed by atoms with van der Waals surface area (Å²) in [5, 5.41) is 12.6. The fraction of sp³-hybridized carbons (Fsp3) is 0.556. The van der Waals surface area contributed by atoms with Crippen molar-refractivity contribution in [1.82, 2.24) is 16.2 Å². The van der Waals surface area contributed by atoms with Gasteiger partial charge in [-0.25, -0.2) is 0 Å². The average Bonchev–Trinajstić information content (AvgIpc) is 2.59. The van der Waals surface area contributed by atoms with Gasteiger partial charge in [-0.15, -0.1) is 0 Å². The predicted octanol–water partition coefficient (Wildman–Crippen LogP) is 3.71. The molecule has 0 heterocycles. The van der Waals surface area contributed by atoms with Crippen LogP contribution < -0.4 is 16.2 Å². The topological polar surface area (TPSA) is 77.9 Å². The number of azo groups is 1. The average molecular weight is 362 g/mol. The van der Waals surface area contributed by atoms with Crippen molar-refractivity contribution in [3.63, 3.8) is 0 Å². The van der Waals surface area contributed by atoms with Crippen molar-refractivity contribution in [3.8, 4) is 0 Å². The van der Waals surface area contributed by atoms with E-state index in [0.29, 0.717) is 10.7 Å². The summed E-state index contributed by atoms with van der Waals surface area (Å²) in [6.07, 6.45) is 5.10. The molecule has 1 aromatic rings. The van der Waals surface area contributed by atoms with Crippen LogP contribution in [0.2, 0.25) is 0 Å². The van der Waals surface area contributed by atoms with Gasteiger partial charge in [0.2, 0.25) is 0 Å². The highest BCUT2D eigenvalue weighted by Gasteiger charge is 2.33. The molecule has 0 saturated heterocycles. The lowest BCUT2D eigenvalue weighted by molar-refractivity contribution is 0.0943. The van der Waals surface area contributed by atoms with Crippen molar-refractivity contribution < 1.29 is 4.79 Å². The van der Waals surface area contributed by atoms with Crippen LogP contribution in [0, 0.1) is 0 Å². The summed E-state index contributed by atoms with van der Waals surface area (Å²) in [5.41, 5.74) is 5.22. The van der Waals surface area contributed by atoms with Crippen molar-refractivity contribution in [3.05, 3.63) is 35.9 Å². The van der Waals surface area contributed by atoms with E-state index in [1.807, 2.05) is 39.0 Å². The summed E-state index contributed by atoms with van der Waals surface area (Å²) in [6.45, 7) is 6.05. The molecule has 1 amide bonds. The van der Waals surface area contributed by atoms with Gasteiger partial charge in [0, 0.05) is 5.56 Å². The molecule has 1 fully saturated rings. The normalized spacial score (nSPS) is 17.1. The van der Waals surface area contributed by atoms with Gasteiger partial charge in [0.25, 0.3) is 5.91 Å². The Morgan fingerprint density at radius 2 is 1.72 bits per heavy atom. The van der Waals surface area contributed by atoms with Crippen LogP contribution in [-0.4, -0.2) is 22.2 Å². The van der Waals surface area contributed by atoms with Gasteiger partial charge in [0.05, 0.1) is 5.54 Å². The van der Waals surface area contributed by atoms with Crippen LogP contribution in [-0.2, 0) is 0 Å². The smallest absolute Gasteiger partial charge is 0.269 e. The molecule has 2 rings (SSSR count). The predicted molar refractivity (Wildman–Crippen MR) is 103 cm³/mol. The molecule has 25 heavy (non-hydrogen) atoms. The number of rotatable bonds is 3. The number of nitrogens with zero attached hydrogens (tertiary/aromatic N) is 2. The Morgan fingerprint density at radius 3 is 2.32 bits per heavy atom. The van der Waals surface area contributed by atoms with Gasteiger partial charge in [0.1, 0.15) is 0 Å². The lowest BCUT2D eigenvalue weighted by atomic mass is 9.90. The van der Waals surface area contributed by atoms with Gasteiger partial charge in [-0.2, -0.15) is 10.2 Å². The number of nitrogens with one attached hydrogen (secondary N) is 3. The summed E-state index contributed by atoms with van der Waals surface area (Å²) in [4.78, 5) is 12.1. The quantitative estimate of drug-likeness (QED) is 0.436. The summed E-state index contributed by atoms with van der Waals surface area (Å²) in [5.74, 6) is -0.237. The molecule has 1 aromatic carbocycles. The second-order valence-corrected chi connectivity index (χ2v) is 7.77. The number of carbonyl (C=O) groups is 1. The first-order chi connectivity index (χ1) is 11.8. The first-order valence-electron chi connectivity index (χ1n) is 8.67. The Bertz CT molecular complexity index is 618. The number of amides is 1. The van der Waals surface area contributed by atoms with Crippen molar-refractivity contribution in [2.45, 2.75) is 64.1 Å². The number of thiocarbonyl (C=S) groups is 1.